The van der Waals surface area contributed by atoms with Gasteiger partial charge in [0.2, 0.25) is 5.91 Å². The van der Waals surface area contributed by atoms with Crippen molar-refractivity contribution in [3.8, 4) is 0 Å². The van der Waals surface area contributed by atoms with E-state index < -0.39 is 0 Å². The quantitative estimate of drug-likeness (QED) is 0.787. The second kappa shape index (κ2) is 7.45. The highest BCUT2D eigenvalue weighted by molar-refractivity contribution is 9.10. The zero-order valence-corrected chi connectivity index (χ0v) is 13.4. The third-order valence-corrected chi connectivity index (χ3v) is 3.85. The van der Waals surface area contributed by atoms with Crippen molar-refractivity contribution < 1.29 is 9.53 Å². The van der Waals surface area contributed by atoms with E-state index in [1.165, 1.54) is 0 Å². The van der Waals surface area contributed by atoms with Crippen LogP contribution in [0.25, 0.3) is 0 Å². The van der Waals surface area contributed by atoms with Crippen LogP contribution in [-0.4, -0.2) is 12.5 Å². The number of hydrogen-bond donors (Lipinski definition) is 2. The Morgan fingerprint density at radius 2 is 2.05 bits per heavy atom. The van der Waals surface area contributed by atoms with E-state index in [0.29, 0.717) is 23.0 Å². The highest BCUT2D eigenvalue weighted by atomic mass is 79.9. The Labute approximate surface area is 136 Å². The zero-order chi connectivity index (χ0) is 15.2. The van der Waals surface area contributed by atoms with Crippen LogP contribution in [0.3, 0.4) is 0 Å². The molecule has 21 heavy (non-hydrogen) atoms. The third kappa shape index (κ3) is 4.74. The van der Waals surface area contributed by atoms with E-state index in [0.717, 1.165) is 10.0 Å². The molecule has 0 spiro atoms. The lowest BCUT2D eigenvalue weighted by Crippen LogP contribution is -2.18. The lowest BCUT2D eigenvalue weighted by molar-refractivity contribution is -0.121. The number of nitrogen functional groups attached to an aromatic ring is 1. The smallest absolute Gasteiger partial charge is 0.250 e. The number of halogens is 2. The number of nitrogens with two attached hydrogens (primary N) is 1. The maximum absolute atomic E-state index is 11.8. The SMILES string of the molecule is Nc1cc(NC(=O)COCc2ccccc2Br)ccc1Cl. The zero-order valence-electron chi connectivity index (χ0n) is 11.1. The molecule has 4 nitrogen and oxygen atoms in total. The molecule has 0 bridgehead atoms. The lowest BCUT2D eigenvalue weighted by atomic mass is 10.2. The maximum atomic E-state index is 11.8. The first kappa shape index (κ1) is 15.8. The fourth-order valence-electron chi connectivity index (χ4n) is 1.69. The van der Waals surface area contributed by atoms with Crippen molar-refractivity contribution in [1.82, 2.24) is 0 Å². The Hall–Kier alpha value is -1.56. The number of nitrogens with one attached hydrogen (secondary N) is 1. The highest BCUT2D eigenvalue weighted by Gasteiger charge is 2.05. The Morgan fingerprint density at radius 3 is 2.76 bits per heavy atom. The fourth-order valence-corrected chi connectivity index (χ4v) is 2.20. The topological polar surface area (TPSA) is 64.3 Å². The van der Waals surface area contributed by atoms with Gasteiger partial charge in [-0.2, -0.15) is 0 Å². The van der Waals surface area contributed by atoms with Crippen molar-refractivity contribution in [2.45, 2.75) is 6.61 Å². The van der Waals surface area contributed by atoms with E-state index in [9.17, 15) is 4.79 Å². The summed E-state index contributed by atoms with van der Waals surface area (Å²) in [5.74, 6) is -0.247. The van der Waals surface area contributed by atoms with Crippen LogP contribution in [0.15, 0.2) is 46.9 Å². The summed E-state index contributed by atoms with van der Waals surface area (Å²) in [5.41, 5.74) is 7.67. The second-order valence-electron chi connectivity index (χ2n) is 4.37. The number of hydrogen-bond acceptors (Lipinski definition) is 3. The molecule has 0 heterocycles. The monoisotopic (exact) mass is 368 g/mol. The molecule has 3 N–H and O–H groups in total. The molecule has 2 rings (SSSR count). The average Bonchev–Trinajstić information content (AvgIpc) is 2.45. The second-order valence-corrected chi connectivity index (χ2v) is 5.63. The summed E-state index contributed by atoms with van der Waals surface area (Å²) >= 11 is 9.24. The standard InChI is InChI=1S/C15H14BrClN2O2/c16-12-4-2-1-3-10(12)8-21-9-15(20)19-11-5-6-13(17)14(18)7-11/h1-7H,8-9,18H2,(H,19,20). The number of benzene rings is 2. The molecule has 0 aliphatic rings. The summed E-state index contributed by atoms with van der Waals surface area (Å²) in [5, 5.41) is 3.15. The van der Waals surface area contributed by atoms with Gasteiger partial charge in [0.15, 0.2) is 0 Å². The number of carbonyl (C=O) groups is 1. The minimum Gasteiger partial charge on any atom is -0.397 e. The first-order valence-corrected chi connectivity index (χ1v) is 7.39. The molecule has 0 radical (unpaired) electrons. The minimum atomic E-state index is -0.247. The van der Waals surface area contributed by atoms with E-state index in [4.69, 9.17) is 22.1 Å². The molecule has 6 heteroatoms. The van der Waals surface area contributed by atoms with E-state index >= 15 is 0 Å². The molecule has 0 fully saturated rings. The van der Waals surface area contributed by atoms with Crippen molar-refractivity contribution in [1.29, 1.82) is 0 Å². The Morgan fingerprint density at radius 1 is 1.29 bits per heavy atom. The van der Waals surface area contributed by atoms with Crippen molar-refractivity contribution >= 4 is 44.8 Å². The van der Waals surface area contributed by atoms with Crippen molar-refractivity contribution in [3.63, 3.8) is 0 Å². The van der Waals surface area contributed by atoms with Gasteiger partial charge in [0.25, 0.3) is 0 Å². The number of anilines is 2. The van der Waals surface area contributed by atoms with E-state index in [1.807, 2.05) is 24.3 Å². The van der Waals surface area contributed by atoms with Crippen LogP contribution in [0.4, 0.5) is 11.4 Å². The van der Waals surface area contributed by atoms with Crippen LogP contribution < -0.4 is 11.1 Å². The van der Waals surface area contributed by atoms with Crippen LogP contribution in [-0.2, 0) is 16.1 Å². The molecular weight excluding hydrogens is 356 g/mol. The fraction of sp³-hybridized carbons (Fsp3) is 0.133. The molecule has 0 aliphatic carbocycles. The van der Waals surface area contributed by atoms with Gasteiger partial charge in [-0.3, -0.25) is 4.79 Å². The first-order valence-electron chi connectivity index (χ1n) is 6.22. The Kier molecular flexibility index (Phi) is 5.61. The number of rotatable bonds is 5. The molecule has 0 aromatic heterocycles. The van der Waals surface area contributed by atoms with Crippen molar-refractivity contribution in [2.24, 2.45) is 0 Å². The molecule has 0 unspecified atom stereocenters. The molecule has 1 amide bonds. The van der Waals surface area contributed by atoms with Gasteiger partial charge < -0.3 is 15.8 Å². The molecule has 0 aliphatic heterocycles. The molecule has 2 aromatic rings. The van der Waals surface area contributed by atoms with E-state index in [-0.39, 0.29) is 12.5 Å². The molecule has 0 saturated carbocycles. The van der Waals surface area contributed by atoms with Gasteiger partial charge in [-0.1, -0.05) is 45.7 Å². The van der Waals surface area contributed by atoms with Gasteiger partial charge in [0.05, 0.1) is 17.3 Å². The van der Waals surface area contributed by atoms with Crippen LogP contribution in [0.1, 0.15) is 5.56 Å². The van der Waals surface area contributed by atoms with Gasteiger partial charge in [0.1, 0.15) is 6.61 Å². The van der Waals surface area contributed by atoms with Crippen molar-refractivity contribution in [3.05, 3.63) is 57.5 Å². The first-order chi connectivity index (χ1) is 10.1. The van der Waals surface area contributed by atoms with E-state index in [2.05, 4.69) is 21.2 Å². The van der Waals surface area contributed by atoms with Gasteiger partial charge >= 0.3 is 0 Å². The Bertz CT molecular complexity index is 649. The van der Waals surface area contributed by atoms with Crippen LogP contribution in [0, 0.1) is 0 Å². The lowest BCUT2D eigenvalue weighted by Gasteiger charge is -2.08. The third-order valence-electron chi connectivity index (χ3n) is 2.73. The van der Waals surface area contributed by atoms with Gasteiger partial charge in [0, 0.05) is 10.2 Å². The predicted octanol–water partition coefficient (Wildman–Crippen LogP) is 3.84. The van der Waals surface area contributed by atoms with E-state index in [1.54, 1.807) is 18.2 Å². The van der Waals surface area contributed by atoms with Crippen molar-refractivity contribution in [2.75, 3.05) is 17.7 Å². The number of carbonyl (C=O) groups excluding carboxylic acids is 1. The average molecular weight is 370 g/mol. The molecule has 0 atom stereocenters. The number of amides is 1. The molecule has 110 valence electrons. The molecule has 2 aromatic carbocycles. The minimum absolute atomic E-state index is 0.0378. The van der Waals surface area contributed by atoms with Crippen LogP contribution in [0.2, 0.25) is 5.02 Å². The summed E-state index contributed by atoms with van der Waals surface area (Å²) in [6.07, 6.45) is 0. The summed E-state index contributed by atoms with van der Waals surface area (Å²) in [7, 11) is 0. The summed E-state index contributed by atoms with van der Waals surface area (Å²) < 4.78 is 6.34. The molecular formula is C15H14BrClN2O2. The number of ether oxygens (including phenoxy) is 1. The normalized spacial score (nSPS) is 10.4. The Balaban J connectivity index is 1.82. The highest BCUT2D eigenvalue weighted by Crippen LogP contribution is 2.22. The predicted molar refractivity (Wildman–Crippen MR) is 88.3 cm³/mol. The summed E-state index contributed by atoms with van der Waals surface area (Å²) in [6.45, 7) is 0.321. The summed E-state index contributed by atoms with van der Waals surface area (Å²) in [6, 6.07) is 12.6. The van der Waals surface area contributed by atoms with Crippen LogP contribution in [0.5, 0.6) is 0 Å². The summed E-state index contributed by atoms with van der Waals surface area (Å²) in [4.78, 5) is 11.8. The maximum Gasteiger partial charge on any atom is 0.250 e. The van der Waals surface area contributed by atoms with Crippen LogP contribution >= 0.6 is 27.5 Å². The van der Waals surface area contributed by atoms with Gasteiger partial charge in [-0.15, -0.1) is 0 Å². The molecule has 0 saturated heterocycles. The largest absolute Gasteiger partial charge is 0.397 e. The van der Waals surface area contributed by atoms with Gasteiger partial charge in [-0.25, -0.2) is 0 Å². The van der Waals surface area contributed by atoms with Gasteiger partial charge in [-0.05, 0) is 29.8 Å².